The second kappa shape index (κ2) is 4.32. The van der Waals surface area contributed by atoms with E-state index in [1.54, 1.807) is 0 Å². The van der Waals surface area contributed by atoms with Crippen molar-refractivity contribution in [2.24, 2.45) is 0 Å². The molecule has 1 atom stereocenters. The fraction of sp³-hybridized carbons (Fsp3) is 1.00. The maximum absolute atomic E-state index is 11.2. The molecule has 0 radical (unpaired) electrons. The van der Waals surface area contributed by atoms with Crippen molar-refractivity contribution in [3.05, 3.63) is 0 Å². The zero-order valence-electron chi connectivity index (χ0n) is 5.76. The SMILES string of the molecule is CCOP(=O)(CC)CCl. The first kappa shape index (κ1) is 9.48. The molecule has 0 N–H and O–H groups in total. The molecular formula is C5H12ClO2P. The summed E-state index contributed by atoms with van der Waals surface area (Å²) in [5.74, 6) is 0. The molecule has 9 heavy (non-hydrogen) atoms. The smallest absolute Gasteiger partial charge is 0.217 e. The van der Waals surface area contributed by atoms with E-state index in [1.165, 1.54) is 0 Å². The van der Waals surface area contributed by atoms with Gasteiger partial charge in [-0.1, -0.05) is 6.92 Å². The lowest BCUT2D eigenvalue weighted by atomic mass is 10.9. The molecule has 0 aliphatic rings. The minimum atomic E-state index is -2.42. The van der Waals surface area contributed by atoms with Crippen LogP contribution in [0.3, 0.4) is 0 Å². The van der Waals surface area contributed by atoms with Crippen molar-refractivity contribution in [3.63, 3.8) is 0 Å². The molecule has 0 aromatic rings. The molecule has 0 spiro atoms. The Morgan fingerprint density at radius 1 is 1.56 bits per heavy atom. The Labute approximate surface area is 61.0 Å². The lowest BCUT2D eigenvalue weighted by molar-refractivity contribution is 0.337. The Balaban J connectivity index is 3.78. The second-order valence-corrected chi connectivity index (χ2v) is 5.14. The van der Waals surface area contributed by atoms with E-state index in [9.17, 15) is 4.57 Å². The quantitative estimate of drug-likeness (QED) is 0.479. The molecule has 0 saturated heterocycles. The van der Waals surface area contributed by atoms with Crippen LogP contribution in [0.1, 0.15) is 13.8 Å². The van der Waals surface area contributed by atoms with Crippen LogP contribution in [0.2, 0.25) is 0 Å². The largest absolute Gasteiger partial charge is 0.328 e. The van der Waals surface area contributed by atoms with E-state index in [1.807, 2.05) is 13.8 Å². The molecule has 4 heteroatoms. The summed E-state index contributed by atoms with van der Waals surface area (Å²) in [6.45, 7) is 4.12. The van der Waals surface area contributed by atoms with Gasteiger partial charge in [-0.05, 0) is 6.92 Å². The fourth-order valence-electron chi connectivity index (χ4n) is 0.446. The lowest BCUT2D eigenvalue weighted by Gasteiger charge is -2.10. The van der Waals surface area contributed by atoms with Gasteiger partial charge < -0.3 is 4.52 Å². The highest BCUT2D eigenvalue weighted by molar-refractivity contribution is 7.60. The molecule has 0 fully saturated rings. The van der Waals surface area contributed by atoms with Crippen molar-refractivity contribution in [1.29, 1.82) is 0 Å². The number of hydrogen-bond donors (Lipinski definition) is 0. The maximum atomic E-state index is 11.2. The second-order valence-electron chi connectivity index (χ2n) is 1.67. The average molecular weight is 171 g/mol. The van der Waals surface area contributed by atoms with Crippen molar-refractivity contribution >= 4 is 19.0 Å². The average Bonchev–Trinajstić information content (AvgIpc) is 1.89. The standard InChI is InChI=1S/C5H12ClO2P/c1-3-8-9(7,4-2)5-6/h3-5H2,1-2H3. The summed E-state index contributed by atoms with van der Waals surface area (Å²) in [4.78, 5) is 0. The third-order valence-electron chi connectivity index (χ3n) is 1.03. The number of alkyl halides is 1. The van der Waals surface area contributed by atoms with Gasteiger partial charge in [-0.15, -0.1) is 11.6 Å². The predicted molar refractivity (Wildman–Crippen MR) is 40.5 cm³/mol. The number of hydrogen-bond acceptors (Lipinski definition) is 2. The van der Waals surface area contributed by atoms with Crippen LogP contribution >= 0.6 is 19.0 Å². The Hall–Kier alpha value is 0.480. The van der Waals surface area contributed by atoms with Gasteiger partial charge in [0.1, 0.15) is 0 Å². The first-order valence-electron chi connectivity index (χ1n) is 2.97. The Morgan fingerprint density at radius 3 is 2.22 bits per heavy atom. The normalized spacial score (nSPS) is 17.2. The summed E-state index contributed by atoms with van der Waals surface area (Å²) in [6.07, 6.45) is 0.532. The first-order chi connectivity index (χ1) is 4.18. The summed E-state index contributed by atoms with van der Waals surface area (Å²) in [6, 6.07) is 0. The molecule has 0 aromatic heterocycles. The highest BCUT2D eigenvalue weighted by atomic mass is 35.5. The van der Waals surface area contributed by atoms with Crippen LogP contribution in [0.5, 0.6) is 0 Å². The maximum Gasteiger partial charge on any atom is 0.217 e. The minimum absolute atomic E-state index is 0.136. The van der Waals surface area contributed by atoms with Gasteiger partial charge in [0.25, 0.3) is 0 Å². The Morgan fingerprint density at radius 2 is 2.11 bits per heavy atom. The summed E-state index contributed by atoms with van der Waals surface area (Å²) in [5, 5.41) is 0. The first-order valence-corrected chi connectivity index (χ1v) is 5.50. The molecule has 0 aliphatic heterocycles. The Kier molecular flexibility index (Phi) is 4.55. The van der Waals surface area contributed by atoms with Gasteiger partial charge >= 0.3 is 0 Å². The summed E-state index contributed by atoms with van der Waals surface area (Å²) >= 11 is 5.40. The highest BCUT2D eigenvalue weighted by Crippen LogP contribution is 2.46. The van der Waals surface area contributed by atoms with E-state index in [2.05, 4.69) is 0 Å². The van der Waals surface area contributed by atoms with Gasteiger partial charge in [-0.2, -0.15) is 0 Å². The van der Waals surface area contributed by atoms with Crippen LogP contribution in [-0.4, -0.2) is 18.4 Å². The van der Waals surface area contributed by atoms with Gasteiger partial charge in [-0.3, -0.25) is 4.57 Å². The number of halogens is 1. The molecule has 56 valence electrons. The summed E-state index contributed by atoms with van der Waals surface area (Å²) < 4.78 is 16.1. The van der Waals surface area contributed by atoms with Crippen LogP contribution in [0, 0.1) is 0 Å². The molecule has 0 aliphatic carbocycles. The molecule has 0 saturated carbocycles. The topological polar surface area (TPSA) is 26.3 Å². The molecular weight excluding hydrogens is 158 g/mol. The van der Waals surface area contributed by atoms with Gasteiger partial charge in [-0.25, -0.2) is 0 Å². The minimum Gasteiger partial charge on any atom is -0.328 e. The number of rotatable bonds is 4. The molecule has 0 heterocycles. The van der Waals surface area contributed by atoms with Gasteiger partial charge in [0.15, 0.2) is 0 Å². The van der Waals surface area contributed by atoms with Crippen molar-refractivity contribution < 1.29 is 9.09 Å². The van der Waals surface area contributed by atoms with E-state index >= 15 is 0 Å². The molecule has 0 amide bonds. The van der Waals surface area contributed by atoms with Crippen LogP contribution in [0.25, 0.3) is 0 Å². The van der Waals surface area contributed by atoms with E-state index in [4.69, 9.17) is 16.1 Å². The predicted octanol–water partition coefficient (Wildman–Crippen LogP) is 2.52. The molecule has 2 nitrogen and oxygen atoms in total. The van der Waals surface area contributed by atoms with Crippen molar-refractivity contribution in [3.8, 4) is 0 Å². The third-order valence-corrected chi connectivity index (χ3v) is 4.18. The molecule has 0 aromatic carbocycles. The van der Waals surface area contributed by atoms with Crippen LogP contribution in [0.15, 0.2) is 0 Å². The van der Waals surface area contributed by atoms with Crippen molar-refractivity contribution in [1.82, 2.24) is 0 Å². The molecule has 0 rings (SSSR count). The van der Waals surface area contributed by atoms with Gasteiger partial charge in [0, 0.05) is 6.16 Å². The third kappa shape index (κ3) is 3.24. The zero-order chi connectivity index (χ0) is 7.33. The molecule has 0 bridgehead atoms. The summed E-state index contributed by atoms with van der Waals surface area (Å²) in [7, 11) is -2.42. The lowest BCUT2D eigenvalue weighted by Crippen LogP contribution is -1.92. The van der Waals surface area contributed by atoms with E-state index in [-0.39, 0.29) is 5.62 Å². The zero-order valence-corrected chi connectivity index (χ0v) is 7.41. The van der Waals surface area contributed by atoms with Gasteiger partial charge in [0.2, 0.25) is 7.37 Å². The highest BCUT2D eigenvalue weighted by Gasteiger charge is 2.16. The monoisotopic (exact) mass is 170 g/mol. The Bertz CT molecular complexity index is 108. The van der Waals surface area contributed by atoms with E-state index in [0.717, 1.165) is 0 Å². The van der Waals surface area contributed by atoms with Crippen molar-refractivity contribution in [2.75, 3.05) is 18.4 Å². The van der Waals surface area contributed by atoms with Gasteiger partial charge in [0.05, 0.1) is 12.2 Å². The van der Waals surface area contributed by atoms with Crippen molar-refractivity contribution in [2.45, 2.75) is 13.8 Å². The molecule has 1 unspecified atom stereocenters. The van der Waals surface area contributed by atoms with E-state index < -0.39 is 7.37 Å². The van der Waals surface area contributed by atoms with Crippen LogP contribution in [-0.2, 0) is 9.09 Å². The fourth-order valence-corrected chi connectivity index (χ4v) is 2.05. The van der Waals surface area contributed by atoms with Crippen LogP contribution in [0.4, 0.5) is 0 Å². The summed E-state index contributed by atoms with van der Waals surface area (Å²) in [5.41, 5.74) is 0.136. The van der Waals surface area contributed by atoms with E-state index in [0.29, 0.717) is 12.8 Å². The van der Waals surface area contributed by atoms with Crippen LogP contribution < -0.4 is 0 Å².